The van der Waals surface area contributed by atoms with Crippen LogP contribution in [0.3, 0.4) is 0 Å². The lowest BCUT2D eigenvalue weighted by molar-refractivity contribution is -0.126. The predicted molar refractivity (Wildman–Crippen MR) is 117 cm³/mol. The molecule has 0 spiro atoms. The Morgan fingerprint density at radius 2 is 1.84 bits per heavy atom. The first-order valence-electron chi connectivity index (χ1n) is 10.0. The first-order chi connectivity index (χ1) is 15.1. The van der Waals surface area contributed by atoms with E-state index in [2.05, 4.69) is 17.2 Å². The van der Waals surface area contributed by atoms with E-state index in [1.807, 2.05) is 42.5 Å². The summed E-state index contributed by atoms with van der Waals surface area (Å²) in [6.07, 6.45) is 0.126. The lowest BCUT2D eigenvalue weighted by Gasteiger charge is -2.16. The van der Waals surface area contributed by atoms with E-state index in [0.29, 0.717) is 5.69 Å². The van der Waals surface area contributed by atoms with E-state index in [9.17, 15) is 14.0 Å². The number of carbonyl (C=O) groups is 2. The lowest BCUT2D eigenvalue weighted by atomic mass is 10.1. The molecular formula is C25H21FN2O3. The van der Waals surface area contributed by atoms with Gasteiger partial charge in [-0.15, -0.1) is 0 Å². The molecule has 0 saturated carbocycles. The number of fused-ring (bicyclic) bond motifs is 1. The smallest absolute Gasteiger partial charge is 0.227 e. The third-order valence-electron chi connectivity index (χ3n) is 5.16. The molecule has 1 heterocycles. The maximum absolute atomic E-state index is 13.1. The highest BCUT2D eigenvalue weighted by atomic mass is 19.1. The van der Waals surface area contributed by atoms with Crippen molar-refractivity contribution in [1.82, 2.24) is 5.32 Å². The van der Waals surface area contributed by atoms with Gasteiger partial charge in [0, 0.05) is 24.0 Å². The molecule has 6 heteroatoms. The van der Waals surface area contributed by atoms with Gasteiger partial charge >= 0.3 is 0 Å². The highest BCUT2D eigenvalue weighted by Gasteiger charge is 2.34. The zero-order valence-corrected chi connectivity index (χ0v) is 16.8. The molecule has 156 valence electrons. The van der Waals surface area contributed by atoms with E-state index in [1.165, 1.54) is 29.2 Å². The fourth-order valence-corrected chi connectivity index (χ4v) is 3.58. The minimum absolute atomic E-state index is 0.126. The summed E-state index contributed by atoms with van der Waals surface area (Å²) in [6.45, 7) is 0.664. The highest BCUT2D eigenvalue weighted by Crippen LogP contribution is 2.26. The number of rotatable bonds is 5. The van der Waals surface area contributed by atoms with E-state index in [1.54, 1.807) is 0 Å². The zero-order chi connectivity index (χ0) is 21.6. The van der Waals surface area contributed by atoms with E-state index in [0.717, 1.165) is 16.5 Å². The summed E-state index contributed by atoms with van der Waals surface area (Å²) in [7, 11) is 0. The van der Waals surface area contributed by atoms with Gasteiger partial charge in [0.15, 0.2) is 0 Å². The van der Waals surface area contributed by atoms with Gasteiger partial charge in [0.2, 0.25) is 11.8 Å². The van der Waals surface area contributed by atoms with Gasteiger partial charge in [-0.25, -0.2) is 4.39 Å². The Kier molecular flexibility index (Phi) is 6.13. The monoisotopic (exact) mass is 416 g/mol. The molecule has 0 aromatic heterocycles. The van der Waals surface area contributed by atoms with Crippen LogP contribution in [0, 0.1) is 23.6 Å². The van der Waals surface area contributed by atoms with Crippen LogP contribution in [0.15, 0.2) is 66.7 Å². The van der Waals surface area contributed by atoms with Gasteiger partial charge in [0.05, 0.1) is 12.5 Å². The number of halogens is 1. The molecule has 4 rings (SSSR count). The van der Waals surface area contributed by atoms with Gasteiger partial charge in [-0.3, -0.25) is 9.59 Å². The van der Waals surface area contributed by atoms with Gasteiger partial charge in [0.25, 0.3) is 0 Å². The van der Waals surface area contributed by atoms with Gasteiger partial charge in [-0.1, -0.05) is 48.2 Å². The van der Waals surface area contributed by atoms with Crippen LogP contribution >= 0.6 is 0 Å². The molecule has 31 heavy (non-hydrogen) atoms. The minimum Gasteiger partial charge on any atom is -0.480 e. The first kappa shape index (κ1) is 20.4. The van der Waals surface area contributed by atoms with Crippen LogP contribution in [0.1, 0.15) is 6.42 Å². The summed E-state index contributed by atoms with van der Waals surface area (Å²) < 4.78 is 18.8. The molecule has 1 atom stereocenters. The van der Waals surface area contributed by atoms with Crippen molar-refractivity contribution in [3.05, 3.63) is 72.5 Å². The Bertz CT molecular complexity index is 1160. The summed E-state index contributed by atoms with van der Waals surface area (Å²) in [5, 5.41) is 4.87. The van der Waals surface area contributed by atoms with Crippen LogP contribution in [0.5, 0.6) is 5.75 Å². The van der Waals surface area contributed by atoms with E-state index in [-0.39, 0.29) is 43.7 Å². The quantitative estimate of drug-likeness (QED) is 0.648. The normalized spacial score (nSPS) is 15.5. The number of hydrogen-bond acceptors (Lipinski definition) is 3. The van der Waals surface area contributed by atoms with Crippen LogP contribution < -0.4 is 15.0 Å². The Morgan fingerprint density at radius 1 is 1.06 bits per heavy atom. The van der Waals surface area contributed by atoms with Crippen molar-refractivity contribution in [3.63, 3.8) is 0 Å². The second-order valence-corrected chi connectivity index (χ2v) is 7.22. The van der Waals surface area contributed by atoms with Crippen molar-refractivity contribution in [2.45, 2.75) is 6.42 Å². The molecule has 1 fully saturated rings. The van der Waals surface area contributed by atoms with Crippen LogP contribution in [-0.2, 0) is 9.59 Å². The van der Waals surface area contributed by atoms with Gasteiger partial charge < -0.3 is 15.0 Å². The number of ether oxygens (including phenoxy) is 1. The van der Waals surface area contributed by atoms with Gasteiger partial charge in [-0.05, 0) is 35.7 Å². The Labute approximate surface area is 179 Å². The SMILES string of the molecule is O=C(NCC#CCOc1cccc2ccccc12)C1CC(=O)N(c2ccc(F)cc2)C1. The molecule has 0 aliphatic carbocycles. The molecule has 1 N–H and O–H groups in total. The number of benzene rings is 3. The molecule has 1 aliphatic heterocycles. The van der Waals surface area contributed by atoms with Crippen molar-refractivity contribution >= 4 is 28.3 Å². The number of anilines is 1. The van der Waals surface area contributed by atoms with E-state index < -0.39 is 5.92 Å². The fraction of sp³-hybridized carbons (Fsp3) is 0.200. The molecule has 1 aliphatic rings. The average molecular weight is 416 g/mol. The standard InChI is InChI=1S/C25H21FN2O3/c26-20-10-12-21(13-11-20)28-17-19(16-24(28)29)25(30)27-14-3-4-15-31-23-9-5-7-18-6-1-2-8-22(18)23/h1-2,5-13,19H,14-17H2,(H,27,30). The number of hydrogen-bond donors (Lipinski definition) is 1. The minimum atomic E-state index is -0.453. The molecular weight excluding hydrogens is 395 g/mol. The average Bonchev–Trinajstić information content (AvgIpc) is 3.18. The van der Waals surface area contributed by atoms with Crippen molar-refractivity contribution in [2.24, 2.45) is 5.92 Å². The summed E-state index contributed by atoms with van der Waals surface area (Å²) in [4.78, 5) is 26.1. The fourth-order valence-electron chi connectivity index (χ4n) is 3.58. The Morgan fingerprint density at radius 3 is 2.68 bits per heavy atom. The highest BCUT2D eigenvalue weighted by molar-refractivity contribution is 6.00. The summed E-state index contributed by atoms with van der Waals surface area (Å²) in [6, 6.07) is 19.5. The third-order valence-corrected chi connectivity index (χ3v) is 5.16. The predicted octanol–water partition coefficient (Wildman–Crippen LogP) is 3.53. The van der Waals surface area contributed by atoms with Crippen LogP contribution in [0.25, 0.3) is 10.8 Å². The van der Waals surface area contributed by atoms with Crippen molar-refractivity contribution in [3.8, 4) is 17.6 Å². The molecule has 5 nitrogen and oxygen atoms in total. The second kappa shape index (κ2) is 9.31. The first-order valence-corrected chi connectivity index (χ1v) is 10.0. The molecule has 2 amide bonds. The second-order valence-electron chi connectivity index (χ2n) is 7.22. The summed E-state index contributed by atoms with van der Waals surface area (Å²) in [5.41, 5.74) is 0.590. The number of amides is 2. The number of nitrogens with one attached hydrogen (secondary N) is 1. The van der Waals surface area contributed by atoms with Gasteiger partial charge in [0.1, 0.15) is 18.2 Å². The van der Waals surface area contributed by atoms with Crippen molar-refractivity contribution in [2.75, 3.05) is 24.6 Å². The summed E-state index contributed by atoms with van der Waals surface area (Å²) in [5.74, 6) is 5.34. The largest absolute Gasteiger partial charge is 0.480 e. The maximum Gasteiger partial charge on any atom is 0.227 e. The summed E-state index contributed by atoms with van der Waals surface area (Å²) >= 11 is 0. The number of nitrogens with zero attached hydrogens (tertiary/aromatic N) is 1. The topological polar surface area (TPSA) is 58.6 Å². The van der Waals surface area contributed by atoms with Crippen molar-refractivity contribution < 1.29 is 18.7 Å². The van der Waals surface area contributed by atoms with Crippen LogP contribution in [-0.4, -0.2) is 31.5 Å². The Balaban J connectivity index is 1.25. The van der Waals surface area contributed by atoms with Crippen molar-refractivity contribution in [1.29, 1.82) is 0 Å². The molecule has 0 radical (unpaired) electrons. The van der Waals surface area contributed by atoms with Crippen LogP contribution in [0.4, 0.5) is 10.1 Å². The Hall–Kier alpha value is -3.85. The zero-order valence-electron chi connectivity index (χ0n) is 16.8. The third kappa shape index (κ3) is 4.84. The van der Waals surface area contributed by atoms with E-state index >= 15 is 0 Å². The van der Waals surface area contributed by atoms with Crippen LogP contribution in [0.2, 0.25) is 0 Å². The molecule has 3 aromatic rings. The maximum atomic E-state index is 13.1. The lowest BCUT2D eigenvalue weighted by Crippen LogP contribution is -2.33. The van der Waals surface area contributed by atoms with E-state index in [4.69, 9.17) is 4.74 Å². The molecule has 1 saturated heterocycles. The molecule has 0 bridgehead atoms. The van der Waals surface area contributed by atoms with Gasteiger partial charge in [-0.2, -0.15) is 0 Å². The number of carbonyl (C=O) groups excluding carboxylic acids is 2. The molecule has 1 unspecified atom stereocenters. The molecule has 3 aromatic carbocycles.